The van der Waals surface area contributed by atoms with Gasteiger partial charge >= 0.3 is 0 Å². The number of benzene rings is 6. The predicted octanol–water partition coefficient (Wildman–Crippen LogP) is 7.13. The van der Waals surface area contributed by atoms with Crippen molar-refractivity contribution in [2.45, 2.75) is 0 Å². The van der Waals surface area contributed by atoms with Crippen molar-refractivity contribution in [1.29, 1.82) is 0 Å². The summed E-state index contributed by atoms with van der Waals surface area (Å²) in [5, 5.41) is 4.55. The van der Waals surface area contributed by atoms with Gasteiger partial charge in [-0.15, -0.1) is 0 Å². The molecule has 0 radical (unpaired) electrons. The van der Waals surface area contributed by atoms with E-state index < -0.39 is 0 Å². The van der Waals surface area contributed by atoms with Crippen molar-refractivity contribution in [3.63, 3.8) is 0 Å². The number of nitrogens with zero attached hydrogens (tertiary/aromatic N) is 8. The van der Waals surface area contributed by atoms with Gasteiger partial charge in [0.25, 0.3) is 0 Å². The summed E-state index contributed by atoms with van der Waals surface area (Å²) in [5.41, 5.74) is 7.10. The molecule has 0 N–H and O–H groups in total. The molecule has 0 unspecified atom stereocenters. The van der Waals surface area contributed by atoms with E-state index in [1.165, 1.54) is 10.8 Å². The summed E-state index contributed by atoms with van der Waals surface area (Å²) in [7, 11) is 0. The molecule has 0 saturated heterocycles. The minimum atomic E-state index is 0. The van der Waals surface area contributed by atoms with Gasteiger partial charge in [-0.1, -0.05) is 97.1 Å². The van der Waals surface area contributed by atoms with Crippen LogP contribution in [0.2, 0.25) is 0 Å². The van der Waals surface area contributed by atoms with E-state index in [0.29, 0.717) is 46.7 Å². The minimum Gasteiger partial charge on any atom is -0.208 e. The maximum Gasteiger partial charge on any atom is 0.164 e. The van der Waals surface area contributed by atoms with E-state index in [9.17, 15) is 0 Å². The number of amidine groups is 8. The maximum absolute atomic E-state index is 5.12. The fourth-order valence-electron chi connectivity index (χ4n) is 6.95. The monoisotopic (exact) mass is 676 g/mol. The number of fused-ring (bicyclic) bond motifs is 18. The summed E-state index contributed by atoms with van der Waals surface area (Å²) in [4.78, 5) is 40.2. The zero-order valence-corrected chi connectivity index (χ0v) is 28.8. The second kappa shape index (κ2) is 10.4. The molecule has 11 rings (SSSR count). The summed E-state index contributed by atoms with van der Waals surface area (Å²) in [6.45, 7) is 0. The molecule has 8 nitrogen and oxygen atoms in total. The average Bonchev–Trinajstić information content (AvgIpc) is 3.85. The smallest absolute Gasteiger partial charge is 0.164 e. The second-order valence-electron chi connectivity index (χ2n) is 12.1. The van der Waals surface area contributed by atoms with E-state index in [0.717, 1.165) is 55.3 Å². The van der Waals surface area contributed by atoms with Gasteiger partial charge in [0, 0.05) is 64.0 Å². The normalized spacial score (nSPS) is 16.2. The standard InChI is InChI=1S/C40H20N8.Zn/c1-2-10-22-18-24-20-32-31(19-23(24)17-21(22)9-1)39-46-37-29-15-7-5-13-27(29)35(44-37)42-33-25-11-3-4-12-26(25)34(41-33)43-36-28-14-6-8-16-30(28)38(45-36)47-40(32)48-39;/h1-20H;. The summed E-state index contributed by atoms with van der Waals surface area (Å²) in [5.74, 6) is 4.35. The largest absolute Gasteiger partial charge is 0.208 e. The average molecular weight is 678 g/mol. The Balaban J connectivity index is 0.00000306. The molecular weight excluding hydrogens is 658 g/mol. The third-order valence-corrected chi connectivity index (χ3v) is 9.24. The first-order valence-electron chi connectivity index (χ1n) is 15.7. The molecule has 9 heteroatoms. The van der Waals surface area contributed by atoms with Crippen molar-refractivity contribution in [2.75, 3.05) is 0 Å². The Kier molecular flexibility index (Phi) is 5.93. The van der Waals surface area contributed by atoms with Gasteiger partial charge < -0.3 is 0 Å². The van der Waals surface area contributed by atoms with Crippen LogP contribution in [0.3, 0.4) is 0 Å². The van der Waals surface area contributed by atoms with Crippen molar-refractivity contribution in [3.8, 4) is 0 Å². The minimum absolute atomic E-state index is 0. The first-order chi connectivity index (χ1) is 23.7. The second-order valence-corrected chi connectivity index (χ2v) is 12.1. The molecule has 0 saturated carbocycles. The van der Waals surface area contributed by atoms with E-state index in [4.69, 9.17) is 39.9 Å². The van der Waals surface area contributed by atoms with E-state index in [1.54, 1.807) is 0 Å². The van der Waals surface area contributed by atoms with Gasteiger partial charge in [-0.05, 0) is 45.8 Å². The quantitative estimate of drug-likeness (QED) is 0.121. The molecule has 6 aromatic carbocycles. The van der Waals surface area contributed by atoms with Gasteiger partial charge in [0.15, 0.2) is 46.7 Å². The molecule has 0 aromatic heterocycles. The van der Waals surface area contributed by atoms with Crippen LogP contribution in [0.25, 0.3) is 21.5 Å². The van der Waals surface area contributed by atoms with E-state index in [1.807, 2.05) is 72.8 Å². The molecule has 8 bridgehead atoms. The summed E-state index contributed by atoms with van der Waals surface area (Å²) >= 11 is 0. The van der Waals surface area contributed by atoms with Crippen LogP contribution in [0.15, 0.2) is 161 Å². The van der Waals surface area contributed by atoms with Gasteiger partial charge in [0.05, 0.1) is 0 Å². The Morgan fingerprint density at radius 1 is 0.224 bits per heavy atom. The first kappa shape index (κ1) is 27.9. The molecule has 0 spiro atoms. The van der Waals surface area contributed by atoms with Gasteiger partial charge in [-0.25, -0.2) is 39.9 Å². The molecule has 0 aliphatic carbocycles. The van der Waals surface area contributed by atoms with Crippen LogP contribution in [0.5, 0.6) is 0 Å². The van der Waals surface area contributed by atoms with Crippen LogP contribution in [-0.4, -0.2) is 46.7 Å². The van der Waals surface area contributed by atoms with E-state index in [-0.39, 0.29) is 19.5 Å². The predicted molar refractivity (Wildman–Crippen MR) is 193 cm³/mol. The van der Waals surface area contributed by atoms with Gasteiger partial charge in [-0.3, -0.25) is 0 Å². The topological polar surface area (TPSA) is 98.9 Å². The number of aliphatic imine (C=N–C) groups is 8. The van der Waals surface area contributed by atoms with Gasteiger partial charge in [0.1, 0.15) is 0 Å². The summed E-state index contributed by atoms with van der Waals surface area (Å²) < 4.78 is 0. The van der Waals surface area contributed by atoms with Crippen LogP contribution in [-0.2, 0) is 19.5 Å². The zero-order valence-electron chi connectivity index (χ0n) is 25.8. The zero-order chi connectivity index (χ0) is 31.3. The van der Waals surface area contributed by atoms with Crippen LogP contribution in [0, 0.1) is 0 Å². The van der Waals surface area contributed by atoms with Crippen LogP contribution in [0.1, 0.15) is 44.5 Å². The van der Waals surface area contributed by atoms with Crippen molar-refractivity contribution < 1.29 is 19.5 Å². The van der Waals surface area contributed by atoms with Crippen LogP contribution < -0.4 is 0 Å². The van der Waals surface area contributed by atoms with Gasteiger partial charge in [-0.2, -0.15) is 0 Å². The molecule has 5 heterocycles. The van der Waals surface area contributed by atoms with Crippen molar-refractivity contribution in [2.24, 2.45) is 39.9 Å². The van der Waals surface area contributed by atoms with E-state index >= 15 is 0 Å². The fraction of sp³-hybridized carbons (Fsp3) is 0. The van der Waals surface area contributed by atoms with Crippen molar-refractivity contribution in [1.82, 2.24) is 0 Å². The first-order valence-corrected chi connectivity index (χ1v) is 15.7. The molecule has 0 amide bonds. The van der Waals surface area contributed by atoms with Crippen LogP contribution in [0.4, 0.5) is 0 Å². The van der Waals surface area contributed by atoms with Crippen LogP contribution >= 0.6 is 0 Å². The Bertz CT molecular complexity index is 2780. The summed E-state index contributed by atoms with van der Waals surface area (Å²) in [6, 6.07) is 41.1. The molecule has 5 aliphatic heterocycles. The van der Waals surface area contributed by atoms with E-state index in [2.05, 4.69) is 48.5 Å². The molecule has 6 aromatic rings. The van der Waals surface area contributed by atoms with Gasteiger partial charge in [0.2, 0.25) is 0 Å². The number of hydrogen-bond donors (Lipinski definition) is 0. The number of hydrogen-bond acceptors (Lipinski definition) is 8. The van der Waals surface area contributed by atoms with Crippen molar-refractivity contribution >= 4 is 68.2 Å². The van der Waals surface area contributed by atoms with Crippen molar-refractivity contribution in [3.05, 3.63) is 166 Å². The summed E-state index contributed by atoms with van der Waals surface area (Å²) in [6.07, 6.45) is 0. The molecular formula is C40H20N8Zn. The third-order valence-electron chi connectivity index (χ3n) is 9.24. The molecule has 222 valence electrons. The SMILES string of the molecule is [Zn].c1ccc2c(c1)C1=NC2=NC2=NC(=NC3=NC(=NC4=NC(=N1)c1ccccc14)c1cc4cc5ccccc5cc4cc13)c1ccccc12. The Morgan fingerprint density at radius 2 is 0.449 bits per heavy atom. The maximum atomic E-state index is 5.12. The Labute approximate surface area is 292 Å². The molecule has 49 heavy (non-hydrogen) atoms. The molecule has 5 aliphatic rings. The molecule has 0 fully saturated rings. The Morgan fingerprint density at radius 3 is 0.714 bits per heavy atom. The number of rotatable bonds is 0. The third kappa shape index (κ3) is 4.19. The Hall–Kier alpha value is -6.18. The fourth-order valence-corrected chi connectivity index (χ4v) is 6.95. The molecule has 0 atom stereocenters.